The van der Waals surface area contributed by atoms with Gasteiger partial charge in [-0.2, -0.15) is 4.31 Å². The molecular formula is C20H22ClN3O8S3. The second-order valence-electron chi connectivity index (χ2n) is 7.25. The van der Waals surface area contributed by atoms with E-state index in [1.807, 2.05) is 5.32 Å². The summed E-state index contributed by atoms with van der Waals surface area (Å²) >= 11 is 7.56. The molecule has 35 heavy (non-hydrogen) atoms. The molecule has 0 saturated carbocycles. The van der Waals surface area contributed by atoms with E-state index in [1.165, 1.54) is 19.1 Å². The van der Waals surface area contributed by atoms with Crippen molar-refractivity contribution in [3.8, 4) is 0 Å². The van der Waals surface area contributed by atoms with Crippen LogP contribution in [0.1, 0.15) is 45.4 Å². The summed E-state index contributed by atoms with van der Waals surface area (Å²) in [6.45, 7) is 3.30. The number of nitrogens with zero attached hydrogens (tertiary/aromatic N) is 1. The number of rotatable bonds is 7. The maximum absolute atomic E-state index is 13.2. The normalized spacial score (nSPS) is 16.1. The average molecular weight is 564 g/mol. The number of hydrogen-bond acceptors (Lipinski definition) is 10. The summed E-state index contributed by atoms with van der Waals surface area (Å²) < 4.78 is 37.0. The number of ether oxygens (including phenoxy) is 2. The summed E-state index contributed by atoms with van der Waals surface area (Å²) in [5, 5.41) is 4.54. The Morgan fingerprint density at radius 3 is 2.54 bits per heavy atom. The second kappa shape index (κ2) is 11.0. The zero-order valence-corrected chi connectivity index (χ0v) is 22.1. The Labute approximate surface area is 214 Å². The first-order valence-electron chi connectivity index (χ1n) is 10.3. The molecule has 2 aromatic heterocycles. The van der Waals surface area contributed by atoms with Crippen LogP contribution in [-0.2, 0) is 24.3 Å². The standard InChI is InChI=1S/C20H22ClN3O8S3/c1-4-32-19(27)15-10(2)14(17(26)23-20(28)31-3)18(34-15)22-16(25)11-6-5-9-24(11)35(29,30)13-8-7-12(21)33-13/h7-8,11H,4-6,9H2,1-3H3,(H,22,25)(H,23,26,28). The van der Waals surface area contributed by atoms with Gasteiger partial charge in [-0.15, -0.1) is 22.7 Å². The first kappa shape index (κ1) is 27.1. The predicted molar refractivity (Wildman–Crippen MR) is 130 cm³/mol. The number of methoxy groups -OCH3 is 1. The quantitative estimate of drug-likeness (QED) is 0.488. The Morgan fingerprint density at radius 1 is 1.23 bits per heavy atom. The number of anilines is 1. The smallest absolute Gasteiger partial charge is 0.413 e. The van der Waals surface area contributed by atoms with E-state index in [0.717, 1.165) is 34.1 Å². The summed E-state index contributed by atoms with van der Waals surface area (Å²) in [7, 11) is -2.90. The molecule has 2 aromatic rings. The number of nitrogens with one attached hydrogen (secondary N) is 2. The van der Waals surface area contributed by atoms with Crippen LogP contribution in [0.2, 0.25) is 4.34 Å². The summed E-state index contributed by atoms with van der Waals surface area (Å²) in [6.07, 6.45) is -0.328. The molecule has 1 atom stereocenters. The molecule has 1 saturated heterocycles. The van der Waals surface area contributed by atoms with Crippen LogP contribution < -0.4 is 10.6 Å². The Kier molecular flexibility index (Phi) is 8.54. The van der Waals surface area contributed by atoms with Crippen molar-refractivity contribution in [2.24, 2.45) is 0 Å². The minimum atomic E-state index is -3.98. The van der Waals surface area contributed by atoms with Gasteiger partial charge in [0, 0.05) is 6.54 Å². The van der Waals surface area contributed by atoms with Crippen LogP contribution in [0, 0.1) is 6.92 Å². The molecule has 3 rings (SSSR count). The van der Waals surface area contributed by atoms with Gasteiger partial charge in [-0.05, 0) is 44.4 Å². The molecule has 0 bridgehead atoms. The molecule has 0 spiro atoms. The SMILES string of the molecule is CCOC(=O)c1sc(NC(=O)C2CCCN2S(=O)(=O)c2ccc(Cl)s2)c(C(=O)NC(=O)OC)c1C. The van der Waals surface area contributed by atoms with Crippen LogP contribution >= 0.6 is 34.3 Å². The molecule has 0 aliphatic carbocycles. The van der Waals surface area contributed by atoms with Crippen LogP contribution in [0.25, 0.3) is 0 Å². The van der Waals surface area contributed by atoms with Crippen molar-refractivity contribution in [1.82, 2.24) is 9.62 Å². The van der Waals surface area contributed by atoms with Gasteiger partial charge in [0.25, 0.3) is 15.9 Å². The maximum atomic E-state index is 13.2. The van der Waals surface area contributed by atoms with E-state index in [1.54, 1.807) is 6.92 Å². The molecule has 1 fully saturated rings. The van der Waals surface area contributed by atoms with Crippen LogP contribution in [0.3, 0.4) is 0 Å². The van der Waals surface area contributed by atoms with E-state index in [-0.39, 0.29) is 44.8 Å². The van der Waals surface area contributed by atoms with E-state index < -0.39 is 39.9 Å². The third kappa shape index (κ3) is 5.67. The monoisotopic (exact) mass is 563 g/mol. The van der Waals surface area contributed by atoms with Gasteiger partial charge in [-0.25, -0.2) is 18.0 Å². The molecule has 1 unspecified atom stereocenters. The number of imide groups is 1. The number of halogens is 1. The number of carbonyl (C=O) groups excluding carboxylic acids is 4. The lowest BCUT2D eigenvalue weighted by Crippen LogP contribution is -2.43. The highest BCUT2D eigenvalue weighted by Gasteiger charge is 2.41. The molecule has 3 amide bonds. The molecule has 0 aromatic carbocycles. The Balaban J connectivity index is 1.93. The highest BCUT2D eigenvalue weighted by atomic mass is 35.5. The molecule has 3 heterocycles. The van der Waals surface area contributed by atoms with Crippen molar-refractivity contribution < 1.29 is 37.1 Å². The fourth-order valence-electron chi connectivity index (χ4n) is 3.51. The van der Waals surface area contributed by atoms with Gasteiger partial charge >= 0.3 is 12.1 Å². The third-order valence-corrected chi connectivity index (χ3v) is 9.88. The van der Waals surface area contributed by atoms with Gasteiger partial charge in [0.05, 0.1) is 23.6 Å². The Hall–Kier alpha value is -2.52. The number of hydrogen-bond donors (Lipinski definition) is 2. The van der Waals surface area contributed by atoms with Crippen molar-refractivity contribution in [2.75, 3.05) is 25.6 Å². The van der Waals surface area contributed by atoms with E-state index in [4.69, 9.17) is 16.3 Å². The molecule has 1 aliphatic rings. The van der Waals surface area contributed by atoms with Gasteiger partial charge in [0.2, 0.25) is 5.91 Å². The number of thiophene rings is 2. The highest BCUT2D eigenvalue weighted by Crippen LogP contribution is 2.36. The number of esters is 1. The molecule has 15 heteroatoms. The number of alkyl carbamates (subject to hydrolysis) is 1. The molecular weight excluding hydrogens is 542 g/mol. The lowest BCUT2D eigenvalue weighted by molar-refractivity contribution is -0.119. The second-order valence-corrected chi connectivity index (χ2v) is 12.1. The molecule has 11 nitrogen and oxygen atoms in total. The summed E-state index contributed by atoms with van der Waals surface area (Å²) in [5.74, 6) is -2.29. The van der Waals surface area contributed by atoms with Crippen molar-refractivity contribution in [1.29, 1.82) is 0 Å². The van der Waals surface area contributed by atoms with E-state index >= 15 is 0 Å². The maximum Gasteiger partial charge on any atom is 0.413 e. The first-order chi connectivity index (χ1) is 16.5. The molecule has 0 radical (unpaired) electrons. The fourth-order valence-corrected chi connectivity index (χ4v) is 7.88. The van der Waals surface area contributed by atoms with Crippen molar-refractivity contribution in [2.45, 2.75) is 36.9 Å². The van der Waals surface area contributed by atoms with Gasteiger partial charge in [-0.3, -0.25) is 14.9 Å². The van der Waals surface area contributed by atoms with E-state index in [0.29, 0.717) is 10.8 Å². The Bertz CT molecular complexity index is 1270. The van der Waals surface area contributed by atoms with Gasteiger partial charge in [0.1, 0.15) is 20.1 Å². The van der Waals surface area contributed by atoms with Crippen LogP contribution in [0.15, 0.2) is 16.3 Å². The number of amides is 3. The fraction of sp³-hybridized carbons (Fsp3) is 0.400. The van der Waals surface area contributed by atoms with Crippen LogP contribution in [0.5, 0.6) is 0 Å². The van der Waals surface area contributed by atoms with Crippen molar-refractivity contribution >= 4 is 73.2 Å². The molecule has 190 valence electrons. The highest BCUT2D eigenvalue weighted by molar-refractivity contribution is 7.91. The van der Waals surface area contributed by atoms with E-state index in [2.05, 4.69) is 10.1 Å². The number of carbonyl (C=O) groups is 4. The molecule has 1 aliphatic heterocycles. The van der Waals surface area contributed by atoms with Crippen LogP contribution in [-0.4, -0.2) is 62.9 Å². The lowest BCUT2D eigenvalue weighted by atomic mass is 10.1. The topological polar surface area (TPSA) is 148 Å². The zero-order chi connectivity index (χ0) is 25.9. The summed E-state index contributed by atoms with van der Waals surface area (Å²) in [5.41, 5.74) is 0.0588. The molecule has 2 N–H and O–H groups in total. The average Bonchev–Trinajstić information content (AvgIpc) is 3.53. The summed E-state index contributed by atoms with van der Waals surface area (Å²) in [4.78, 5) is 49.9. The third-order valence-electron chi connectivity index (χ3n) is 5.09. The largest absolute Gasteiger partial charge is 0.462 e. The van der Waals surface area contributed by atoms with Gasteiger partial charge < -0.3 is 14.8 Å². The van der Waals surface area contributed by atoms with Crippen LogP contribution in [0.4, 0.5) is 9.80 Å². The van der Waals surface area contributed by atoms with Gasteiger partial charge in [-0.1, -0.05) is 11.6 Å². The first-order valence-corrected chi connectivity index (χ1v) is 13.7. The zero-order valence-electron chi connectivity index (χ0n) is 18.9. The minimum Gasteiger partial charge on any atom is -0.462 e. The summed E-state index contributed by atoms with van der Waals surface area (Å²) in [6, 6.07) is 1.78. The minimum absolute atomic E-state index is 0.0110. The number of sulfonamides is 1. The predicted octanol–water partition coefficient (Wildman–Crippen LogP) is 3.24. The van der Waals surface area contributed by atoms with Crippen molar-refractivity contribution in [3.05, 3.63) is 32.5 Å². The van der Waals surface area contributed by atoms with E-state index in [9.17, 15) is 27.6 Å². The Morgan fingerprint density at radius 2 is 1.94 bits per heavy atom. The van der Waals surface area contributed by atoms with Gasteiger partial charge in [0.15, 0.2) is 0 Å². The lowest BCUT2D eigenvalue weighted by Gasteiger charge is -2.22. The van der Waals surface area contributed by atoms with Crippen molar-refractivity contribution in [3.63, 3.8) is 0 Å².